The van der Waals surface area contributed by atoms with E-state index >= 15 is 0 Å². The average Bonchev–Trinajstić information content (AvgIpc) is 3.24. The topological polar surface area (TPSA) is 61.0 Å². The summed E-state index contributed by atoms with van der Waals surface area (Å²) in [5, 5.41) is 8.41. The van der Waals surface area contributed by atoms with Crippen LogP contribution in [0, 0.1) is 0 Å². The van der Waals surface area contributed by atoms with Crippen LogP contribution < -0.4 is 5.32 Å². The number of piperidine rings is 1. The number of aromatic amines is 1. The van der Waals surface area contributed by atoms with E-state index in [1.54, 1.807) is 22.7 Å². The van der Waals surface area contributed by atoms with Crippen LogP contribution >= 0.6 is 22.7 Å². The van der Waals surface area contributed by atoms with Crippen molar-refractivity contribution >= 4 is 43.9 Å². The molecule has 2 N–H and O–H groups in total. The molecule has 0 spiro atoms. The van der Waals surface area contributed by atoms with E-state index in [9.17, 15) is 4.79 Å². The van der Waals surface area contributed by atoms with Crippen molar-refractivity contribution in [1.29, 1.82) is 0 Å². The van der Waals surface area contributed by atoms with Crippen LogP contribution in [0.1, 0.15) is 23.3 Å². The zero-order valence-electron chi connectivity index (χ0n) is 11.9. The van der Waals surface area contributed by atoms with Gasteiger partial charge >= 0.3 is 0 Å². The van der Waals surface area contributed by atoms with Crippen LogP contribution in [0.25, 0.3) is 10.2 Å². The molecule has 22 heavy (non-hydrogen) atoms. The number of thiazole rings is 1. The maximum Gasteiger partial charge on any atom is 0.270 e. The molecule has 3 aromatic rings. The summed E-state index contributed by atoms with van der Waals surface area (Å²) in [4.78, 5) is 22.0. The minimum Gasteiger partial charge on any atom is -0.359 e. The minimum atomic E-state index is 0.107. The molecule has 0 aromatic carbocycles. The Kier molecular flexibility index (Phi) is 3.59. The number of amides is 1. The predicted molar refractivity (Wildman–Crippen MR) is 90.8 cm³/mol. The third-order valence-corrected chi connectivity index (χ3v) is 5.58. The quantitative estimate of drug-likeness (QED) is 0.773. The van der Waals surface area contributed by atoms with Gasteiger partial charge in [-0.15, -0.1) is 22.7 Å². The molecule has 1 amide bonds. The smallest absolute Gasteiger partial charge is 0.270 e. The van der Waals surface area contributed by atoms with Crippen molar-refractivity contribution in [2.45, 2.75) is 18.9 Å². The van der Waals surface area contributed by atoms with Crippen molar-refractivity contribution < 1.29 is 4.79 Å². The van der Waals surface area contributed by atoms with Crippen LogP contribution in [0.3, 0.4) is 0 Å². The third-order valence-electron chi connectivity index (χ3n) is 4.01. The highest BCUT2D eigenvalue weighted by Crippen LogP contribution is 2.24. The molecule has 0 unspecified atom stereocenters. The molecule has 4 rings (SSSR count). The van der Waals surface area contributed by atoms with Crippen LogP contribution in [-0.2, 0) is 0 Å². The first kappa shape index (κ1) is 13.8. The molecule has 0 bridgehead atoms. The summed E-state index contributed by atoms with van der Waals surface area (Å²) in [5.41, 5.74) is 1.75. The number of nitrogens with one attached hydrogen (secondary N) is 2. The Bertz CT molecular complexity index is 740. The van der Waals surface area contributed by atoms with Gasteiger partial charge < -0.3 is 15.2 Å². The zero-order chi connectivity index (χ0) is 14.9. The largest absolute Gasteiger partial charge is 0.359 e. The van der Waals surface area contributed by atoms with Crippen molar-refractivity contribution in [2.24, 2.45) is 0 Å². The highest BCUT2D eigenvalue weighted by Gasteiger charge is 2.25. The van der Waals surface area contributed by atoms with Gasteiger partial charge in [0, 0.05) is 30.7 Å². The third kappa shape index (κ3) is 2.62. The first-order valence-corrected chi connectivity index (χ1v) is 9.07. The van der Waals surface area contributed by atoms with Crippen LogP contribution in [0.15, 0.2) is 29.1 Å². The Morgan fingerprint density at radius 1 is 1.32 bits per heavy atom. The molecule has 7 heteroatoms. The van der Waals surface area contributed by atoms with E-state index in [0.717, 1.165) is 41.3 Å². The van der Waals surface area contributed by atoms with Gasteiger partial charge in [-0.25, -0.2) is 4.98 Å². The van der Waals surface area contributed by atoms with E-state index in [4.69, 9.17) is 0 Å². The lowest BCUT2D eigenvalue weighted by atomic mass is 10.1. The van der Waals surface area contributed by atoms with E-state index in [2.05, 4.69) is 15.3 Å². The van der Waals surface area contributed by atoms with E-state index in [1.807, 2.05) is 34.0 Å². The monoisotopic (exact) mass is 332 g/mol. The molecule has 1 fully saturated rings. The second-order valence-electron chi connectivity index (χ2n) is 5.43. The Hall–Kier alpha value is -1.86. The fraction of sp³-hybridized carbons (Fsp3) is 0.333. The van der Waals surface area contributed by atoms with Gasteiger partial charge in [0.25, 0.3) is 5.91 Å². The van der Waals surface area contributed by atoms with E-state index in [0.29, 0.717) is 11.7 Å². The molecule has 0 atom stereocenters. The Morgan fingerprint density at radius 3 is 2.91 bits per heavy atom. The fourth-order valence-corrected chi connectivity index (χ4v) is 4.22. The molecule has 114 valence electrons. The van der Waals surface area contributed by atoms with Crippen molar-refractivity contribution in [3.63, 3.8) is 0 Å². The molecule has 0 radical (unpaired) electrons. The summed E-state index contributed by atoms with van der Waals surface area (Å²) in [6, 6.07) is 4.38. The number of hydrogen-bond donors (Lipinski definition) is 2. The number of aromatic nitrogens is 2. The van der Waals surface area contributed by atoms with Crippen LogP contribution in [0.4, 0.5) is 5.13 Å². The van der Waals surface area contributed by atoms with E-state index in [1.165, 1.54) is 0 Å². The molecule has 1 aliphatic rings. The van der Waals surface area contributed by atoms with Crippen LogP contribution in [-0.4, -0.2) is 39.9 Å². The summed E-state index contributed by atoms with van der Waals surface area (Å²) in [6.07, 6.45) is 3.73. The second kappa shape index (κ2) is 5.73. The van der Waals surface area contributed by atoms with Crippen molar-refractivity contribution in [2.75, 3.05) is 18.4 Å². The molecule has 4 heterocycles. The van der Waals surface area contributed by atoms with Crippen molar-refractivity contribution in [3.8, 4) is 0 Å². The van der Waals surface area contributed by atoms with Gasteiger partial charge in [0.1, 0.15) is 5.69 Å². The normalized spacial score (nSPS) is 16.3. The molecule has 1 aliphatic heterocycles. The summed E-state index contributed by atoms with van der Waals surface area (Å²) in [7, 11) is 0. The van der Waals surface area contributed by atoms with Gasteiger partial charge in [0.2, 0.25) is 0 Å². The number of nitrogens with zero attached hydrogens (tertiary/aromatic N) is 2. The zero-order valence-corrected chi connectivity index (χ0v) is 13.5. The van der Waals surface area contributed by atoms with Gasteiger partial charge in [-0.05, 0) is 30.4 Å². The lowest BCUT2D eigenvalue weighted by molar-refractivity contribution is 0.0713. The number of anilines is 1. The number of carbonyl (C=O) groups excluding carboxylic acids is 1. The number of hydrogen-bond acceptors (Lipinski definition) is 5. The van der Waals surface area contributed by atoms with E-state index in [-0.39, 0.29) is 5.91 Å². The summed E-state index contributed by atoms with van der Waals surface area (Å²) < 4.78 is 1.14. The summed E-state index contributed by atoms with van der Waals surface area (Å²) in [6.45, 7) is 1.57. The Morgan fingerprint density at radius 2 is 2.18 bits per heavy atom. The minimum absolute atomic E-state index is 0.107. The Labute approximate surface area is 136 Å². The highest BCUT2D eigenvalue weighted by molar-refractivity contribution is 7.17. The van der Waals surface area contributed by atoms with Crippen LogP contribution in [0.5, 0.6) is 0 Å². The Balaban J connectivity index is 1.38. The molecular formula is C15H16N4OS2. The molecule has 0 saturated carbocycles. The maximum atomic E-state index is 12.6. The van der Waals surface area contributed by atoms with Gasteiger partial charge in [0.15, 0.2) is 5.13 Å². The number of likely N-dealkylation sites (tertiary alicyclic amines) is 1. The van der Waals surface area contributed by atoms with Gasteiger partial charge in [-0.1, -0.05) is 0 Å². The van der Waals surface area contributed by atoms with Gasteiger partial charge in [0.05, 0.1) is 10.2 Å². The van der Waals surface area contributed by atoms with Crippen LogP contribution in [0.2, 0.25) is 0 Å². The standard InChI is InChI=1S/C15H16N4OS2/c20-14(12-9-13-11(18-12)3-7-21-13)19-5-1-10(2-6-19)17-15-16-4-8-22-15/h3-4,7-10,18H,1-2,5-6H2,(H,16,17). The second-order valence-corrected chi connectivity index (χ2v) is 7.27. The van der Waals surface area contributed by atoms with Crippen molar-refractivity contribution in [3.05, 3.63) is 34.8 Å². The maximum absolute atomic E-state index is 12.6. The van der Waals surface area contributed by atoms with Crippen molar-refractivity contribution in [1.82, 2.24) is 14.9 Å². The molecule has 3 aromatic heterocycles. The van der Waals surface area contributed by atoms with Gasteiger partial charge in [-0.2, -0.15) is 0 Å². The number of fused-ring (bicyclic) bond motifs is 1. The van der Waals surface area contributed by atoms with E-state index < -0.39 is 0 Å². The number of rotatable bonds is 3. The average molecular weight is 332 g/mol. The first-order valence-electron chi connectivity index (χ1n) is 7.31. The summed E-state index contributed by atoms with van der Waals surface area (Å²) >= 11 is 3.27. The summed E-state index contributed by atoms with van der Waals surface area (Å²) in [5.74, 6) is 0.107. The number of H-pyrrole nitrogens is 1. The number of thiophene rings is 1. The lowest BCUT2D eigenvalue weighted by Gasteiger charge is -2.32. The molecular weight excluding hydrogens is 316 g/mol. The molecule has 5 nitrogen and oxygen atoms in total. The fourth-order valence-electron chi connectivity index (χ4n) is 2.83. The number of carbonyl (C=O) groups is 1. The first-order chi connectivity index (χ1) is 10.8. The molecule has 1 saturated heterocycles. The SMILES string of the molecule is O=C(c1cc2sccc2[nH]1)N1CCC(Nc2nccs2)CC1. The highest BCUT2D eigenvalue weighted by atomic mass is 32.1. The predicted octanol–water partition coefficient (Wildman–Crippen LogP) is 3.40. The lowest BCUT2D eigenvalue weighted by Crippen LogP contribution is -2.42. The van der Waals surface area contributed by atoms with Gasteiger partial charge in [-0.3, -0.25) is 4.79 Å². The molecule has 0 aliphatic carbocycles.